The fourth-order valence-corrected chi connectivity index (χ4v) is 2.17. The van der Waals surface area contributed by atoms with Crippen molar-refractivity contribution < 1.29 is 9.53 Å². The summed E-state index contributed by atoms with van der Waals surface area (Å²) in [4.78, 5) is 15.1. The third kappa shape index (κ3) is 4.25. The first-order valence-corrected chi connectivity index (χ1v) is 7.33. The number of rotatable bonds is 6. The summed E-state index contributed by atoms with van der Waals surface area (Å²) < 4.78 is 5.60. The molecule has 1 N–H and O–H groups in total. The maximum absolute atomic E-state index is 10.9. The Morgan fingerprint density at radius 2 is 2.30 bits per heavy atom. The van der Waals surface area contributed by atoms with Crippen molar-refractivity contribution in [1.29, 1.82) is 0 Å². The molecule has 20 heavy (non-hydrogen) atoms. The Kier molecular flexibility index (Phi) is 5.03. The van der Waals surface area contributed by atoms with Crippen LogP contribution in [0.5, 0.6) is 5.75 Å². The number of ketones is 1. The van der Waals surface area contributed by atoms with Crippen LogP contribution in [0.4, 0.5) is 0 Å². The fraction of sp³-hybridized carbons (Fsp3) is 0.308. The van der Waals surface area contributed by atoms with Crippen LogP contribution in [0, 0.1) is 6.92 Å². The molecule has 7 heteroatoms. The lowest BCUT2D eigenvalue weighted by atomic mass is 10.2. The van der Waals surface area contributed by atoms with E-state index in [0.29, 0.717) is 21.8 Å². The molecular formula is C13H14ClN3O2S. The second kappa shape index (κ2) is 6.76. The van der Waals surface area contributed by atoms with Crippen molar-refractivity contribution in [2.75, 3.05) is 5.75 Å². The average Bonchev–Trinajstić information content (AvgIpc) is 2.86. The Bertz CT molecular complexity index is 615. The summed E-state index contributed by atoms with van der Waals surface area (Å²) in [5, 5.41) is 8.04. The molecule has 0 amide bonds. The molecule has 0 aliphatic heterocycles. The molecule has 0 saturated heterocycles. The van der Waals surface area contributed by atoms with Crippen molar-refractivity contribution in [2.45, 2.75) is 25.6 Å². The van der Waals surface area contributed by atoms with Crippen LogP contribution < -0.4 is 4.74 Å². The topological polar surface area (TPSA) is 67.9 Å². The van der Waals surface area contributed by atoms with E-state index in [0.717, 1.165) is 11.3 Å². The molecule has 0 unspecified atom stereocenters. The van der Waals surface area contributed by atoms with Crippen molar-refractivity contribution in [3.8, 4) is 5.75 Å². The van der Waals surface area contributed by atoms with Crippen LogP contribution in [0.1, 0.15) is 18.3 Å². The highest BCUT2D eigenvalue weighted by Crippen LogP contribution is 2.21. The van der Waals surface area contributed by atoms with Gasteiger partial charge in [-0.25, -0.2) is 4.98 Å². The minimum absolute atomic E-state index is 0.0919. The molecule has 1 heterocycles. The van der Waals surface area contributed by atoms with E-state index in [1.54, 1.807) is 12.1 Å². The number of aryl methyl sites for hydroxylation is 1. The number of hydrogen-bond acceptors (Lipinski definition) is 5. The molecule has 0 atom stereocenters. The van der Waals surface area contributed by atoms with E-state index in [9.17, 15) is 4.79 Å². The molecule has 0 aliphatic rings. The van der Waals surface area contributed by atoms with Crippen LogP contribution in [0.2, 0.25) is 5.02 Å². The van der Waals surface area contributed by atoms with Gasteiger partial charge in [0.2, 0.25) is 5.16 Å². The average molecular weight is 312 g/mol. The molecule has 1 aromatic heterocycles. The van der Waals surface area contributed by atoms with Crippen molar-refractivity contribution in [3.63, 3.8) is 0 Å². The second-order valence-electron chi connectivity index (χ2n) is 4.26. The summed E-state index contributed by atoms with van der Waals surface area (Å²) in [5.41, 5.74) is 0.958. The number of H-pyrrole nitrogens is 1. The monoisotopic (exact) mass is 311 g/mol. The molecule has 2 rings (SSSR count). The largest absolute Gasteiger partial charge is 0.486 e. The number of nitrogens with one attached hydrogen (secondary N) is 1. The normalized spacial score (nSPS) is 10.6. The summed E-state index contributed by atoms with van der Waals surface area (Å²) >= 11 is 7.25. The van der Waals surface area contributed by atoms with Crippen LogP contribution >= 0.6 is 23.4 Å². The van der Waals surface area contributed by atoms with E-state index in [1.165, 1.54) is 18.7 Å². The van der Waals surface area contributed by atoms with Crippen LogP contribution in [-0.2, 0) is 11.4 Å². The molecule has 106 valence electrons. The van der Waals surface area contributed by atoms with Gasteiger partial charge in [-0.05, 0) is 37.6 Å². The zero-order valence-electron chi connectivity index (χ0n) is 11.1. The number of carbonyl (C=O) groups excluding carboxylic acids is 1. The minimum atomic E-state index is 0.0919. The molecule has 0 saturated carbocycles. The van der Waals surface area contributed by atoms with E-state index < -0.39 is 0 Å². The quantitative estimate of drug-likeness (QED) is 0.831. The molecule has 0 radical (unpaired) electrons. The highest BCUT2D eigenvalue weighted by molar-refractivity contribution is 7.99. The van der Waals surface area contributed by atoms with Crippen molar-refractivity contribution in [2.24, 2.45) is 0 Å². The molecular weight excluding hydrogens is 298 g/mol. The van der Waals surface area contributed by atoms with Gasteiger partial charge in [-0.2, -0.15) is 0 Å². The number of benzene rings is 1. The van der Waals surface area contributed by atoms with Gasteiger partial charge in [0.1, 0.15) is 18.1 Å². The molecule has 2 aromatic rings. The Morgan fingerprint density at radius 3 is 3.00 bits per heavy atom. The SMILES string of the molecule is CC(=O)CSc1n[nH]c(COc2ccc(Cl)c(C)c2)n1. The van der Waals surface area contributed by atoms with E-state index in [-0.39, 0.29) is 12.4 Å². The highest BCUT2D eigenvalue weighted by Gasteiger charge is 2.06. The van der Waals surface area contributed by atoms with E-state index in [2.05, 4.69) is 15.2 Å². The van der Waals surface area contributed by atoms with Crippen molar-refractivity contribution in [3.05, 3.63) is 34.6 Å². The van der Waals surface area contributed by atoms with Crippen LogP contribution in [0.3, 0.4) is 0 Å². The van der Waals surface area contributed by atoms with Gasteiger partial charge >= 0.3 is 0 Å². The molecule has 0 aliphatic carbocycles. The highest BCUT2D eigenvalue weighted by atomic mass is 35.5. The fourth-order valence-electron chi connectivity index (χ4n) is 1.43. The summed E-state index contributed by atoms with van der Waals surface area (Å²) in [6, 6.07) is 5.46. The Labute approximate surface area is 126 Å². The number of nitrogens with zero attached hydrogens (tertiary/aromatic N) is 2. The van der Waals surface area contributed by atoms with Gasteiger partial charge in [0.15, 0.2) is 5.82 Å². The van der Waals surface area contributed by atoms with Gasteiger partial charge in [0.05, 0.1) is 5.75 Å². The third-order valence-corrected chi connectivity index (χ3v) is 3.84. The first-order chi connectivity index (χ1) is 9.54. The Balaban J connectivity index is 1.90. The van der Waals surface area contributed by atoms with Gasteiger partial charge in [0, 0.05) is 5.02 Å². The first-order valence-electron chi connectivity index (χ1n) is 5.97. The minimum Gasteiger partial charge on any atom is -0.486 e. The summed E-state index contributed by atoms with van der Waals surface area (Å²) in [5.74, 6) is 1.80. The molecule has 0 fully saturated rings. The number of aromatic nitrogens is 3. The number of Topliss-reactive ketones (excluding diaryl/α,β-unsaturated/α-hetero) is 1. The van der Waals surface area contributed by atoms with E-state index in [1.807, 2.05) is 13.0 Å². The predicted molar refractivity (Wildman–Crippen MR) is 78.3 cm³/mol. The van der Waals surface area contributed by atoms with Gasteiger partial charge in [0.25, 0.3) is 0 Å². The van der Waals surface area contributed by atoms with Gasteiger partial charge < -0.3 is 4.74 Å². The van der Waals surface area contributed by atoms with Gasteiger partial charge in [-0.15, -0.1) is 5.10 Å². The van der Waals surface area contributed by atoms with E-state index in [4.69, 9.17) is 16.3 Å². The molecule has 1 aromatic carbocycles. The first kappa shape index (κ1) is 14.9. The van der Waals surface area contributed by atoms with Gasteiger partial charge in [-0.1, -0.05) is 23.4 Å². The number of aromatic amines is 1. The number of carbonyl (C=O) groups is 1. The van der Waals surface area contributed by atoms with Gasteiger partial charge in [-0.3, -0.25) is 9.89 Å². The summed E-state index contributed by atoms with van der Waals surface area (Å²) in [7, 11) is 0. The second-order valence-corrected chi connectivity index (χ2v) is 5.60. The number of hydrogen-bond donors (Lipinski definition) is 1. The smallest absolute Gasteiger partial charge is 0.208 e. The lowest BCUT2D eigenvalue weighted by Crippen LogP contribution is -1.98. The maximum Gasteiger partial charge on any atom is 0.208 e. The molecule has 5 nitrogen and oxygen atoms in total. The lowest BCUT2D eigenvalue weighted by Gasteiger charge is -2.05. The molecule has 0 spiro atoms. The van der Waals surface area contributed by atoms with Crippen LogP contribution in [-0.4, -0.2) is 26.7 Å². The van der Waals surface area contributed by atoms with E-state index >= 15 is 0 Å². The zero-order chi connectivity index (χ0) is 14.5. The third-order valence-electron chi connectivity index (χ3n) is 2.42. The number of thioether (sulfide) groups is 1. The van der Waals surface area contributed by atoms with Crippen molar-refractivity contribution in [1.82, 2.24) is 15.2 Å². The summed E-state index contributed by atoms with van der Waals surface area (Å²) in [6.45, 7) is 3.74. The zero-order valence-corrected chi connectivity index (χ0v) is 12.7. The summed E-state index contributed by atoms with van der Waals surface area (Å²) in [6.07, 6.45) is 0. The number of halogens is 1. The van der Waals surface area contributed by atoms with Crippen molar-refractivity contribution >= 4 is 29.1 Å². The molecule has 0 bridgehead atoms. The van der Waals surface area contributed by atoms with Crippen LogP contribution in [0.15, 0.2) is 23.4 Å². The lowest BCUT2D eigenvalue weighted by molar-refractivity contribution is -0.114. The Hall–Kier alpha value is -1.53. The number of ether oxygens (including phenoxy) is 1. The Morgan fingerprint density at radius 1 is 1.50 bits per heavy atom. The van der Waals surface area contributed by atoms with Crippen LogP contribution in [0.25, 0.3) is 0 Å². The maximum atomic E-state index is 10.9. The predicted octanol–water partition coefficient (Wildman–Crippen LogP) is 3.03. The standard InChI is InChI=1S/C13H14ClN3O2S/c1-8-5-10(3-4-11(8)14)19-6-12-15-13(17-16-12)20-7-9(2)18/h3-5H,6-7H2,1-2H3,(H,15,16,17).